The van der Waals surface area contributed by atoms with Crippen molar-refractivity contribution in [2.24, 2.45) is 5.92 Å². The maximum Gasteiger partial charge on any atom is 0.0818 e. The quantitative estimate of drug-likeness (QED) is 0.446. The molecule has 0 radical (unpaired) electrons. The Hall–Kier alpha value is -0.120. The van der Waals surface area contributed by atoms with E-state index in [2.05, 4.69) is 0 Å². The summed E-state index contributed by atoms with van der Waals surface area (Å²) in [6.45, 7) is 1.31. The van der Waals surface area contributed by atoms with E-state index in [1.807, 2.05) is 0 Å². The second kappa shape index (κ2) is 3.83. The lowest BCUT2D eigenvalue weighted by atomic mass is 10.1. The molecule has 0 aliphatic carbocycles. The fourth-order valence-corrected chi connectivity index (χ4v) is 0.302. The van der Waals surface area contributed by atoms with Gasteiger partial charge in [-0.15, -0.1) is 0 Å². The van der Waals surface area contributed by atoms with Gasteiger partial charge in [-0.05, 0) is 0 Å². The molecule has 0 spiro atoms. The van der Waals surface area contributed by atoms with Gasteiger partial charge < -0.3 is 15.3 Å². The smallest absolute Gasteiger partial charge is 0.0818 e. The lowest BCUT2D eigenvalue weighted by molar-refractivity contribution is 0.0302. The van der Waals surface area contributed by atoms with Gasteiger partial charge in [-0.2, -0.15) is 0 Å². The van der Waals surface area contributed by atoms with Crippen molar-refractivity contribution in [1.29, 1.82) is 0 Å². The number of hydrogen-bond acceptors (Lipinski definition) is 3. The first-order valence-corrected chi connectivity index (χ1v) is 2.62. The lowest BCUT2D eigenvalue weighted by Crippen LogP contribution is -2.24. The third-order valence-corrected chi connectivity index (χ3v) is 1.13. The van der Waals surface area contributed by atoms with Crippen molar-refractivity contribution in [1.82, 2.24) is 0 Å². The standard InChI is InChI=1S/C5H12O3/c1-4(2-6)5(8)3-7/h4-8H,2-3H2,1H3. The topological polar surface area (TPSA) is 60.7 Å². The Bertz CT molecular complexity index is 47.6. The summed E-state index contributed by atoms with van der Waals surface area (Å²) in [5.74, 6) is -0.222. The highest BCUT2D eigenvalue weighted by Crippen LogP contribution is 1.98. The molecule has 0 aliphatic rings. The van der Waals surface area contributed by atoms with Crippen molar-refractivity contribution in [2.75, 3.05) is 13.2 Å². The normalized spacial score (nSPS) is 18.0. The maximum atomic E-state index is 8.72. The van der Waals surface area contributed by atoms with Gasteiger partial charge >= 0.3 is 0 Å². The fourth-order valence-electron chi connectivity index (χ4n) is 0.302. The molecule has 3 nitrogen and oxygen atoms in total. The van der Waals surface area contributed by atoms with Crippen molar-refractivity contribution in [2.45, 2.75) is 13.0 Å². The summed E-state index contributed by atoms with van der Waals surface area (Å²) in [5, 5.41) is 25.4. The predicted octanol–water partition coefficient (Wildman–Crippen LogP) is -1.03. The molecule has 0 aromatic rings. The Labute approximate surface area is 48.6 Å². The molecule has 0 aromatic carbocycles. The summed E-state index contributed by atoms with van der Waals surface area (Å²) in [6, 6.07) is 0. The molecule has 2 atom stereocenters. The van der Waals surface area contributed by atoms with Crippen LogP contribution in [0.15, 0.2) is 0 Å². The fraction of sp³-hybridized carbons (Fsp3) is 1.00. The van der Waals surface area contributed by atoms with Gasteiger partial charge in [-0.25, -0.2) is 0 Å². The van der Waals surface area contributed by atoms with E-state index >= 15 is 0 Å². The first-order chi connectivity index (χ1) is 3.72. The van der Waals surface area contributed by atoms with Crippen LogP contribution in [0, 0.1) is 5.92 Å². The van der Waals surface area contributed by atoms with Crippen molar-refractivity contribution in [3.63, 3.8) is 0 Å². The van der Waals surface area contributed by atoms with E-state index in [9.17, 15) is 0 Å². The second-order valence-corrected chi connectivity index (χ2v) is 1.91. The van der Waals surface area contributed by atoms with Crippen LogP contribution in [0.25, 0.3) is 0 Å². The van der Waals surface area contributed by atoms with Gasteiger partial charge in [0.05, 0.1) is 12.7 Å². The molecule has 8 heavy (non-hydrogen) atoms. The van der Waals surface area contributed by atoms with Crippen LogP contribution in [0.3, 0.4) is 0 Å². The number of hydrogen-bond donors (Lipinski definition) is 3. The molecule has 0 saturated carbocycles. The first kappa shape index (κ1) is 7.88. The zero-order chi connectivity index (χ0) is 6.57. The number of rotatable bonds is 3. The van der Waals surface area contributed by atoms with E-state index in [0.717, 1.165) is 0 Å². The van der Waals surface area contributed by atoms with Gasteiger partial charge in [0.15, 0.2) is 0 Å². The van der Waals surface area contributed by atoms with E-state index in [-0.39, 0.29) is 19.1 Å². The van der Waals surface area contributed by atoms with E-state index in [1.165, 1.54) is 0 Å². The van der Waals surface area contributed by atoms with Gasteiger partial charge in [-0.3, -0.25) is 0 Å². The summed E-state index contributed by atoms with van der Waals surface area (Å²) < 4.78 is 0. The molecular formula is C5H12O3. The van der Waals surface area contributed by atoms with Crippen molar-refractivity contribution in [3.05, 3.63) is 0 Å². The van der Waals surface area contributed by atoms with Crippen molar-refractivity contribution >= 4 is 0 Å². The van der Waals surface area contributed by atoms with E-state index < -0.39 is 6.10 Å². The van der Waals surface area contributed by atoms with Crippen LogP contribution in [0.2, 0.25) is 0 Å². The minimum atomic E-state index is -0.778. The molecule has 0 fully saturated rings. The molecule has 3 heteroatoms. The van der Waals surface area contributed by atoms with E-state index in [4.69, 9.17) is 15.3 Å². The Morgan fingerprint density at radius 3 is 1.88 bits per heavy atom. The lowest BCUT2D eigenvalue weighted by Gasteiger charge is -2.11. The minimum absolute atomic E-state index is 0.0816. The molecule has 0 amide bonds. The second-order valence-electron chi connectivity index (χ2n) is 1.91. The van der Waals surface area contributed by atoms with E-state index in [0.29, 0.717) is 0 Å². The van der Waals surface area contributed by atoms with Crippen LogP contribution < -0.4 is 0 Å². The molecule has 0 aromatic heterocycles. The Kier molecular flexibility index (Phi) is 3.77. The highest BCUT2D eigenvalue weighted by molar-refractivity contribution is 4.59. The summed E-state index contributed by atoms with van der Waals surface area (Å²) in [7, 11) is 0. The monoisotopic (exact) mass is 120 g/mol. The van der Waals surface area contributed by atoms with Gasteiger partial charge in [0.2, 0.25) is 0 Å². The molecule has 0 rings (SSSR count). The summed E-state index contributed by atoms with van der Waals surface area (Å²) in [5.41, 5.74) is 0. The molecule has 2 unspecified atom stereocenters. The van der Waals surface area contributed by atoms with E-state index in [1.54, 1.807) is 6.92 Å². The first-order valence-electron chi connectivity index (χ1n) is 2.62. The van der Waals surface area contributed by atoms with Crippen LogP contribution in [-0.4, -0.2) is 34.6 Å². The number of aliphatic hydroxyl groups is 3. The zero-order valence-corrected chi connectivity index (χ0v) is 4.91. The van der Waals surface area contributed by atoms with Crippen molar-refractivity contribution in [3.8, 4) is 0 Å². The average molecular weight is 120 g/mol. The highest BCUT2D eigenvalue weighted by atomic mass is 16.3. The zero-order valence-electron chi connectivity index (χ0n) is 4.91. The SMILES string of the molecule is CC(CO)C(O)CO. The molecule has 0 saturated heterocycles. The summed E-state index contributed by atoms with van der Waals surface area (Å²) >= 11 is 0. The molecule has 0 aliphatic heterocycles. The summed E-state index contributed by atoms with van der Waals surface area (Å²) in [4.78, 5) is 0. The van der Waals surface area contributed by atoms with Crippen LogP contribution >= 0.6 is 0 Å². The molecule has 0 bridgehead atoms. The summed E-state index contributed by atoms with van der Waals surface area (Å²) in [6.07, 6.45) is -0.778. The Morgan fingerprint density at radius 2 is 1.75 bits per heavy atom. The third-order valence-electron chi connectivity index (χ3n) is 1.13. The van der Waals surface area contributed by atoms with Crippen LogP contribution in [0.4, 0.5) is 0 Å². The molecule has 3 N–H and O–H groups in total. The average Bonchev–Trinajstić information content (AvgIpc) is 1.84. The molecule has 0 heterocycles. The number of aliphatic hydroxyl groups excluding tert-OH is 3. The largest absolute Gasteiger partial charge is 0.396 e. The van der Waals surface area contributed by atoms with Gasteiger partial charge in [0.1, 0.15) is 0 Å². The Balaban J connectivity index is 3.29. The third kappa shape index (κ3) is 2.26. The predicted molar refractivity (Wildman–Crippen MR) is 29.3 cm³/mol. The minimum Gasteiger partial charge on any atom is -0.396 e. The van der Waals surface area contributed by atoms with Gasteiger partial charge in [0, 0.05) is 12.5 Å². The van der Waals surface area contributed by atoms with Crippen LogP contribution in [0.5, 0.6) is 0 Å². The molecule has 50 valence electrons. The highest BCUT2D eigenvalue weighted by Gasteiger charge is 2.10. The van der Waals surface area contributed by atoms with Crippen LogP contribution in [-0.2, 0) is 0 Å². The van der Waals surface area contributed by atoms with Crippen molar-refractivity contribution < 1.29 is 15.3 Å². The van der Waals surface area contributed by atoms with Gasteiger partial charge in [0.25, 0.3) is 0 Å². The Morgan fingerprint density at radius 1 is 1.25 bits per heavy atom. The maximum absolute atomic E-state index is 8.72. The van der Waals surface area contributed by atoms with Crippen LogP contribution in [0.1, 0.15) is 6.92 Å². The molecular weight excluding hydrogens is 108 g/mol. The van der Waals surface area contributed by atoms with Gasteiger partial charge in [-0.1, -0.05) is 6.92 Å².